The van der Waals surface area contributed by atoms with Crippen LogP contribution in [0.15, 0.2) is 109 Å². The van der Waals surface area contributed by atoms with Crippen LogP contribution in [-0.4, -0.2) is 11.7 Å². The second-order valence-corrected chi connectivity index (χ2v) is 7.04. The van der Waals surface area contributed by atoms with E-state index in [0.717, 1.165) is 6.42 Å². The summed E-state index contributed by atoms with van der Waals surface area (Å²) in [4.78, 5) is 0. The van der Waals surface area contributed by atoms with Gasteiger partial charge < -0.3 is 5.11 Å². The molecular weight excluding hydrogens is 340 g/mol. The molecule has 1 heteroatoms. The lowest BCUT2D eigenvalue weighted by Gasteiger charge is -2.18. The molecule has 0 radical (unpaired) electrons. The zero-order valence-electron chi connectivity index (χ0n) is 15.8. The average molecular weight is 364 g/mol. The third kappa shape index (κ3) is 4.05. The highest BCUT2D eigenvalue weighted by Gasteiger charge is 2.14. The van der Waals surface area contributed by atoms with Crippen LogP contribution >= 0.6 is 0 Å². The van der Waals surface area contributed by atoms with Gasteiger partial charge in [0.05, 0.1) is 0 Å². The summed E-state index contributed by atoms with van der Waals surface area (Å²) in [7, 11) is 0. The van der Waals surface area contributed by atoms with Crippen LogP contribution < -0.4 is 0 Å². The Hall–Kier alpha value is -3.16. The first-order valence-electron chi connectivity index (χ1n) is 9.77. The molecule has 0 fully saturated rings. The minimum absolute atomic E-state index is 0.172. The monoisotopic (exact) mass is 364 g/mol. The molecule has 4 rings (SSSR count). The van der Waals surface area contributed by atoms with Gasteiger partial charge in [-0.25, -0.2) is 0 Å². The summed E-state index contributed by atoms with van der Waals surface area (Å²) in [5.74, 6) is 0.194. The van der Waals surface area contributed by atoms with Crippen LogP contribution in [0.3, 0.4) is 0 Å². The summed E-state index contributed by atoms with van der Waals surface area (Å²) in [5.41, 5.74) is 7.35. The minimum atomic E-state index is 0.172. The van der Waals surface area contributed by atoms with Crippen LogP contribution in [0.5, 0.6) is 0 Å². The number of hydrogen-bond donors (Lipinski definition) is 1. The third-order valence-corrected chi connectivity index (χ3v) is 5.26. The first-order valence-corrected chi connectivity index (χ1v) is 9.77. The van der Waals surface area contributed by atoms with Crippen molar-refractivity contribution in [2.45, 2.75) is 12.3 Å². The molecule has 28 heavy (non-hydrogen) atoms. The third-order valence-electron chi connectivity index (χ3n) is 5.26. The Bertz CT molecular complexity index is 905. The highest BCUT2D eigenvalue weighted by molar-refractivity contribution is 5.65. The maximum Gasteiger partial charge on any atom is 0.0440 e. The van der Waals surface area contributed by atoms with Crippen molar-refractivity contribution in [2.24, 2.45) is 0 Å². The normalized spacial score (nSPS) is 10.9. The Morgan fingerprint density at radius 1 is 0.464 bits per heavy atom. The van der Waals surface area contributed by atoms with Crippen molar-refractivity contribution in [2.75, 3.05) is 6.61 Å². The van der Waals surface area contributed by atoms with Crippen LogP contribution in [0.2, 0.25) is 0 Å². The van der Waals surface area contributed by atoms with E-state index in [2.05, 4.69) is 97.1 Å². The van der Waals surface area contributed by atoms with Crippen molar-refractivity contribution in [1.82, 2.24) is 0 Å². The van der Waals surface area contributed by atoms with E-state index in [4.69, 9.17) is 0 Å². The molecule has 4 aromatic rings. The smallest absolute Gasteiger partial charge is 0.0440 e. The van der Waals surface area contributed by atoms with Crippen LogP contribution in [0, 0.1) is 0 Å². The van der Waals surface area contributed by atoms with Gasteiger partial charge in [-0.2, -0.15) is 0 Å². The highest BCUT2D eigenvalue weighted by Crippen LogP contribution is 2.31. The van der Waals surface area contributed by atoms with Gasteiger partial charge >= 0.3 is 0 Å². The Balaban J connectivity index is 1.60. The predicted octanol–water partition coefficient (Wildman–Crippen LogP) is 6.53. The number of benzene rings is 4. The number of aliphatic hydroxyl groups excluding tert-OH is 1. The second kappa shape index (κ2) is 8.69. The first kappa shape index (κ1) is 18.2. The molecule has 0 atom stereocenters. The molecule has 0 aliphatic rings. The van der Waals surface area contributed by atoms with E-state index >= 15 is 0 Å². The van der Waals surface area contributed by atoms with Gasteiger partial charge in [-0.05, 0) is 39.8 Å². The summed E-state index contributed by atoms with van der Waals surface area (Å²) in [6.45, 7) is 0.172. The van der Waals surface area contributed by atoms with E-state index in [1.54, 1.807) is 0 Å². The number of rotatable bonds is 6. The molecular formula is C27H24O. The number of aliphatic hydroxyl groups is 1. The summed E-state index contributed by atoms with van der Waals surface area (Å²) in [5, 5.41) is 9.62. The molecule has 138 valence electrons. The molecule has 0 aromatic heterocycles. The Morgan fingerprint density at radius 2 is 0.821 bits per heavy atom. The zero-order chi connectivity index (χ0) is 19.2. The molecule has 0 heterocycles. The van der Waals surface area contributed by atoms with E-state index in [-0.39, 0.29) is 12.5 Å². The Labute approximate surface area is 166 Å². The molecule has 1 N–H and O–H groups in total. The average Bonchev–Trinajstić information content (AvgIpc) is 2.79. The molecule has 0 saturated carbocycles. The van der Waals surface area contributed by atoms with Gasteiger partial charge in [0.1, 0.15) is 0 Å². The maximum absolute atomic E-state index is 9.62. The molecule has 1 nitrogen and oxygen atoms in total. The first-order chi connectivity index (χ1) is 13.8. The fourth-order valence-electron chi connectivity index (χ4n) is 3.73. The van der Waals surface area contributed by atoms with Crippen LogP contribution in [0.1, 0.15) is 23.5 Å². The SMILES string of the molecule is OCCC(c1ccc(-c2ccccc2)cc1)c1ccc(-c2ccccc2)cc1. The lowest BCUT2D eigenvalue weighted by molar-refractivity contribution is 0.281. The molecule has 0 saturated heterocycles. The molecule has 0 amide bonds. The maximum atomic E-state index is 9.62. The summed E-state index contributed by atoms with van der Waals surface area (Å²) in [6, 6.07) is 38.3. The van der Waals surface area contributed by atoms with Gasteiger partial charge in [0.15, 0.2) is 0 Å². The van der Waals surface area contributed by atoms with Gasteiger partial charge in [-0.15, -0.1) is 0 Å². The zero-order valence-corrected chi connectivity index (χ0v) is 15.8. The fourth-order valence-corrected chi connectivity index (χ4v) is 3.73. The van der Waals surface area contributed by atoms with Crippen molar-refractivity contribution in [3.05, 3.63) is 120 Å². The van der Waals surface area contributed by atoms with Crippen LogP contribution in [-0.2, 0) is 0 Å². The largest absolute Gasteiger partial charge is 0.396 e. The lowest BCUT2D eigenvalue weighted by atomic mass is 9.87. The van der Waals surface area contributed by atoms with E-state index in [1.165, 1.54) is 33.4 Å². The van der Waals surface area contributed by atoms with E-state index < -0.39 is 0 Å². The molecule has 0 aliphatic heterocycles. The van der Waals surface area contributed by atoms with Crippen molar-refractivity contribution in [3.8, 4) is 22.3 Å². The Morgan fingerprint density at radius 3 is 1.18 bits per heavy atom. The van der Waals surface area contributed by atoms with Crippen LogP contribution in [0.4, 0.5) is 0 Å². The van der Waals surface area contributed by atoms with E-state index in [9.17, 15) is 5.11 Å². The second-order valence-electron chi connectivity index (χ2n) is 7.04. The van der Waals surface area contributed by atoms with Crippen molar-refractivity contribution >= 4 is 0 Å². The van der Waals surface area contributed by atoms with Crippen molar-refractivity contribution < 1.29 is 5.11 Å². The summed E-state index contributed by atoms with van der Waals surface area (Å²) >= 11 is 0. The molecule has 4 aromatic carbocycles. The molecule has 0 spiro atoms. The predicted molar refractivity (Wildman–Crippen MR) is 117 cm³/mol. The lowest BCUT2D eigenvalue weighted by Crippen LogP contribution is -2.03. The minimum Gasteiger partial charge on any atom is -0.396 e. The van der Waals surface area contributed by atoms with Gasteiger partial charge in [-0.1, -0.05) is 109 Å². The van der Waals surface area contributed by atoms with Gasteiger partial charge in [-0.3, -0.25) is 0 Å². The summed E-state index contributed by atoms with van der Waals surface area (Å²) < 4.78 is 0. The van der Waals surface area contributed by atoms with Gasteiger partial charge in [0.2, 0.25) is 0 Å². The topological polar surface area (TPSA) is 20.2 Å². The molecule has 0 bridgehead atoms. The van der Waals surface area contributed by atoms with Gasteiger partial charge in [0, 0.05) is 12.5 Å². The number of hydrogen-bond acceptors (Lipinski definition) is 1. The van der Waals surface area contributed by atoms with Gasteiger partial charge in [0.25, 0.3) is 0 Å². The molecule has 0 unspecified atom stereocenters. The molecule has 0 aliphatic carbocycles. The Kier molecular flexibility index (Phi) is 5.65. The van der Waals surface area contributed by atoms with E-state index in [1.807, 2.05) is 12.1 Å². The van der Waals surface area contributed by atoms with Crippen molar-refractivity contribution in [1.29, 1.82) is 0 Å². The fraction of sp³-hybridized carbons (Fsp3) is 0.111. The van der Waals surface area contributed by atoms with Crippen molar-refractivity contribution in [3.63, 3.8) is 0 Å². The van der Waals surface area contributed by atoms with E-state index in [0.29, 0.717) is 0 Å². The quantitative estimate of drug-likeness (QED) is 0.412. The summed E-state index contributed by atoms with van der Waals surface area (Å²) in [6.07, 6.45) is 0.718. The standard InChI is InChI=1S/C27H24O/c28-20-19-27(25-15-11-23(12-16-25)21-7-3-1-4-8-21)26-17-13-24(14-18-26)22-9-5-2-6-10-22/h1-18,27-28H,19-20H2. The highest BCUT2D eigenvalue weighted by atomic mass is 16.3. The van der Waals surface area contributed by atoms with Crippen LogP contribution in [0.25, 0.3) is 22.3 Å².